The van der Waals surface area contributed by atoms with Crippen LogP contribution in [0.3, 0.4) is 0 Å². The van der Waals surface area contributed by atoms with Crippen LogP contribution in [-0.4, -0.2) is 17.1 Å². The van der Waals surface area contributed by atoms with E-state index in [1.165, 1.54) is 17.6 Å². The summed E-state index contributed by atoms with van der Waals surface area (Å²) in [5.74, 6) is -1.37. The second-order valence-corrected chi connectivity index (χ2v) is 7.61. The lowest BCUT2D eigenvalue weighted by molar-refractivity contribution is -0.136. The van der Waals surface area contributed by atoms with Crippen LogP contribution < -0.4 is 11.2 Å². The van der Waals surface area contributed by atoms with Gasteiger partial charge in [0.25, 0.3) is 0 Å². The first-order valence-corrected chi connectivity index (χ1v) is 9.86. The molecule has 3 N–H and O–H groups in total. The van der Waals surface area contributed by atoms with Crippen molar-refractivity contribution in [2.75, 3.05) is 5.73 Å². The number of aryl methyl sites for hydroxylation is 1. The first-order chi connectivity index (χ1) is 14.7. The standard InChI is InChI=1S/C21H15F3N4O2S/c1-11-4-6-12(7-5-11)10-26-28-19(29)18-17(25)16-13(21(22,23)24)9-14(27-20(16)30-18)15-3-2-8-31-15/h2-10H,25H2,1H3,(H,28,29)/b26-10+. The summed E-state index contributed by atoms with van der Waals surface area (Å²) in [6.45, 7) is 1.93. The molecule has 6 nitrogen and oxygen atoms in total. The van der Waals surface area contributed by atoms with Gasteiger partial charge in [0.05, 0.1) is 33.4 Å². The molecule has 31 heavy (non-hydrogen) atoms. The van der Waals surface area contributed by atoms with Crippen LogP contribution in [0.15, 0.2) is 57.4 Å². The van der Waals surface area contributed by atoms with E-state index in [0.717, 1.165) is 17.2 Å². The van der Waals surface area contributed by atoms with Gasteiger partial charge in [0.1, 0.15) is 0 Å². The molecule has 4 aromatic rings. The molecule has 0 radical (unpaired) electrons. The van der Waals surface area contributed by atoms with Crippen molar-refractivity contribution >= 4 is 40.2 Å². The Morgan fingerprint density at radius 1 is 1.26 bits per heavy atom. The van der Waals surface area contributed by atoms with Crippen molar-refractivity contribution in [1.82, 2.24) is 10.4 Å². The molecule has 0 atom stereocenters. The van der Waals surface area contributed by atoms with Gasteiger partial charge >= 0.3 is 12.1 Å². The van der Waals surface area contributed by atoms with Gasteiger partial charge in [-0.25, -0.2) is 10.4 Å². The zero-order valence-electron chi connectivity index (χ0n) is 16.0. The number of fused-ring (bicyclic) bond motifs is 1. The van der Waals surface area contributed by atoms with Crippen LogP contribution in [0.5, 0.6) is 0 Å². The molecule has 4 rings (SSSR count). The molecule has 158 valence electrons. The van der Waals surface area contributed by atoms with Gasteiger partial charge in [-0.15, -0.1) is 11.3 Å². The monoisotopic (exact) mass is 444 g/mol. The highest BCUT2D eigenvalue weighted by Gasteiger charge is 2.37. The largest absolute Gasteiger partial charge is 0.430 e. The molecule has 3 aromatic heterocycles. The van der Waals surface area contributed by atoms with Gasteiger partial charge < -0.3 is 10.2 Å². The molecule has 0 spiro atoms. The number of nitrogen functional groups attached to an aromatic ring is 1. The fraction of sp³-hybridized carbons (Fsp3) is 0.0952. The summed E-state index contributed by atoms with van der Waals surface area (Å²) < 4.78 is 46.4. The molecular formula is C21H15F3N4O2S. The maximum absolute atomic E-state index is 13.7. The van der Waals surface area contributed by atoms with Gasteiger partial charge in [-0.2, -0.15) is 18.3 Å². The van der Waals surface area contributed by atoms with E-state index in [9.17, 15) is 18.0 Å². The van der Waals surface area contributed by atoms with Crippen molar-refractivity contribution in [2.24, 2.45) is 5.10 Å². The molecule has 10 heteroatoms. The van der Waals surface area contributed by atoms with E-state index < -0.39 is 34.5 Å². The maximum atomic E-state index is 13.7. The molecule has 0 unspecified atom stereocenters. The number of amides is 1. The van der Waals surface area contributed by atoms with Crippen LogP contribution >= 0.6 is 11.3 Å². The van der Waals surface area contributed by atoms with Gasteiger partial charge in [0.15, 0.2) is 0 Å². The second kappa shape index (κ2) is 7.88. The van der Waals surface area contributed by atoms with E-state index >= 15 is 0 Å². The maximum Gasteiger partial charge on any atom is 0.417 e. The fourth-order valence-corrected chi connectivity index (χ4v) is 3.62. The van der Waals surface area contributed by atoms with Crippen molar-refractivity contribution < 1.29 is 22.4 Å². The van der Waals surface area contributed by atoms with Crippen LogP contribution in [0.25, 0.3) is 21.7 Å². The average Bonchev–Trinajstić information content (AvgIpc) is 3.36. The topological polar surface area (TPSA) is 93.5 Å². The third-order valence-corrected chi connectivity index (χ3v) is 5.33. The number of alkyl halides is 3. The fourth-order valence-electron chi connectivity index (χ4n) is 2.93. The lowest BCUT2D eigenvalue weighted by atomic mass is 10.1. The number of furan rings is 1. The molecule has 0 saturated carbocycles. The number of aromatic nitrogens is 1. The minimum Gasteiger partial charge on any atom is -0.430 e. The SMILES string of the molecule is Cc1ccc(/C=N/NC(=O)c2oc3nc(-c4cccs4)cc(C(F)(F)F)c3c2N)cc1. The number of hydrogen-bond acceptors (Lipinski definition) is 6. The Morgan fingerprint density at radius 2 is 2.00 bits per heavy atom. The number of nitrogens with two attached hydrogens (primary N) is 1. The lowest BCUT2D eigenvalue weighted by Gasteiger charge is -2.09. The van der Waals surface area contributed by atoms with Crippen molar-refractivity contribution in [2.45, 2.75) is 13.1 Å². The van der Waals surface area contributed by atoms with Gasteiger partial charge in [0, 0.05) is 0 Å². The molecule has 0 aliphatic rings. The zero-order valence-corrected chi connectivity index (χ0v) is 16.8. The van der Waals surface area contributed by atoms with Gasteiger partial charge in [-0.3, -0.25) is 4.79 Å². The number of benzene rings is 1. The van der Waals surface area contributed by atoms with Crippen molar-refractivity contribution in [3.8, 4) is 10.6 Å². The van der Waals surface area contributed by atoms with E-state index in [2.05, 4.69) is 15.5 Å². The molecule has 0 saturated heterocycles. The van der Waals surface area contributed by atoms with E-state index in [1.54, 1.807) is 29.6 Å². The Bertz CT molecular complexity index is 1280. The third kappa shape index (κ3) is 4.15. The van der Waals surface area contributed by atoms with E-state index in [4.69, 9.17) is 10.2 Å². The number of thiophene rings is 1. The lowest BCUT2D eigenvalue weighted by Crippen LogP contribution is -2.18. The van der Waals surface area contributed by atoms with Crippen molar-refractivity contribution in [3.05, 3.63) is 70.3 Å². The van der Waals surface area contributed by atoms with Gasteiger partial charge in [-0.05, 0) is 30.0 Å². The highest BCUT2D eigenvalue weighted by atomic mass is 32.1. The number of rotatable bonds is 4. The first kappa shape index (κ1) is 20.6. The third-order valence-electron chi connectivity index (χ3n) is 4.44. The van der Waals surface area contributed by atoms with Crippen LogP contribution in [0.1, 0.15) is 27.2 Å². The van der Waals surface area contributed by atoms with Crippen LogP contribution in [0.2, 0.25) is 0 Å². The minimum absolute atomic E-state index is 0.0768. The quantitative estimate of drug-likeness (QED) is 0.333. The molecule has 1 amide bonds. The Morgan fingerprint density at radius 3 is 2.65 bits per heavy atom. The number of carbonyl (C=O) groups excluding carboxylic acids is 1. The summed E-state index contributed by atoms with van der Waals surface area (Å²) in [4.78, 5) is 17.1. The number of hydrazone groups is 1. The Balaban J connectivity index is 1.70. The number of anilines is 1. The normalized spacial score (nSPS) is 12.0. The summed E-state index contributed by atoms with van der Waals surface area (Å²) in [5, 5.41) is 5.07. The van der Waals surface area contributed by atoms with Crippen molar-refractivity contribution in [3.63, 3.8) is 0 Å². The summed E-state index contributed by atoms with van der Waals surface area (Å²) in [5.41, 5.74) is 8.10. The molecule has 3 heterocycles. The number of halogens is 3. The van der Waals surface area contributed by atoms with E-state index in [0.29, 0.717) is 4.88 Å². The number of hydrogen-bond donors (Lipinski definition) is 2. The Kier molecular flexibility index (Phi) is 5.24. The Hall–Kier alpha value is -3.66. The molecule has 0 aliphatic carbocycles. The zero-order chi connectivity index (χ0) is 22.2. The number of pyridine rings is 1. The second-order valence-electron chi connectivity index (χ2n) is 6.66. The summed E-state index contributed by atoms with van der Waals surface area (Å²) in [6, 6.07) is 11.6. The average molecular weight is 444 g/mol. The number of nitrogens with one attached hydrogen (secondary N) is 1. The summed E-state index contributed by atoms with van der Waals surface area (Å²) in [7, 11) is 0. The Labute approximate surface area is 178 Å². The highest BCUT2D eigenvalue weighted by Crippen LogP contribution is 2.41. The van der Waals surface area contributed by atoms with Crippen LogP contribution in [-0.2, 0) is 6.18 Å². The molecule has 0 bridgehead atoms. The van der Waals surface area contributed by atoms with Gasteiger partial charge in [-0.1, -0.05) is 35.9 Å². The molecule has 0 aliphatic heterocycles. The van der Waals surface area contributed by atoms with Crippen molar-refractivity contribution in [1.29, 1.82) is 0 Å². The van der Waals surface area contributed by atoms with Crippen LogP contribution in [0, 0.1) is 6.92 Å². The predicted molar refractivity (Wildman–Crippen MR) is 113 cm³/mol. The molecular weight excluding hydrogens is 429 g/mol. The highest BCUT2D eigenvalue weighted by molar-refractivity contribution is 7.13. The summed E-state index contributed by atoms with van der Waals surface area (Å²) in [6.07, 6.45) is -3.33. The predicted octanol–water partition coefficient (Wildman–Crippen LogP) is 5.23. The van der Waals surface area contributed by atoms with Crippen LogP contribution in [0.4, 0.5) is 18.9 Å². The number of carbonyl (C=O) groups is 1. The summed E-state index contributed by atoms with van der Waals surface area (Å²) >= 11 is 1.23. The van der Waals surface area contributed by atoms with E-state index in [-0.39, 0.29) is 11.4 Å². The molecule has 0 fully saturated rings. The van der Waals surface area contributed by atoms with E-state index in [1.807, 2.05) is 19.1 Å². The van der Waals surface area contributed by atoms with Gasteiger partial charge in [0.2, 0.25) is 11.5 Å². The minimum atomic E-state index is -4.72. The smallest absolute Gasteiger partial charge is 0.417 e. The number of nitrogens with zero attached hydrogens (tertiary/aromatic N) is 2. The first-order valence-electron chi connectivity index (χ1n) is 8.98. The molecule has 1 aromatic carbocycles.